The second-order valence-electron chi connectivity index (χ2n) is 4.20. The van der Waals surface area contributed by atoms with E-state index in [-0.39, 0.29) is 5.43 Å². The van der Waals surface area contributed by atoms with E-state index in [1.165, 1.54) is 6.07 Å². The summed E-state index contributed by atoms with van der Waals surface area (Å²) in [5.41, 5.74) is 1.45. The van der Waals surface area contributed by atoms with Crippen LogP contribution in [0.15, 0.2) is 27.4 Å². The minimum atomic E-state index is -0.0143. The number of methoxy groups -OCH3 is 1. The second-order valence-corrected chi connectivity index (χ2v) is 4.20. The number of fused-ring (bicyclic) bond motifs is 1. The molecule has 0 aliphatic heterocycles. The van der Waals surface area contributed by atoms with Gasteiger partial charge in [0.1, 0.15) is 17.1 Å². The number of ether oxygens (including phenoxy) is 1. The summed E-state index contributed by atoms with van der Waals surface area (Å²) in [4.78, 5) is 11.7. The van der Waals surface area contributed by atoms with Crippen molar-refractivity contribution in [3.8, 4) is 5.75 Å². The van der Waals surface area contributed by atoms with Gasteiger partial charge in [-0.2, -0.15) is 0 Å². The molecular weight excluding hydrogens is 242 g/mol. The maximum atomic E-state index is 11.7. The maximum Gasteiger partial charge on any atom is 0.192 e. The standard InChI is InChI=1S/C12H12O3.C3H9N/c1-7-6-10(13)9-4-5-11(14-3)8(2)12(9)15-7;1-3-4-2/h4-6H,1-3H3;4H,3H2,1-2H3. The van der Waals surface area contributed by atoms with Crippen LogP contribution in [0.5, 0.6) is 5.75 Å². The molecule has 4 heteroatoms. The Morgan fingerprint density at radius 3 is 2.47 bits per heavy atom. The van der Waals surface area contributed by atoms with E-state index >= 15 is 0 Å². The Kier molecular flexibility index (Phi) is 5.57. The SMILES string of the molecule is CCNC.COc1ccc2c(=O)cc(C)oc2c1C. The van der Waals surface area contributed by atoms with Gasteiger partial charge in [0.15, 0.2) is 5.43 Å². The highest BCUT2D eigenvalue weighted by Gasteiger charge is 2.08. The Labute approximate surface area is 113 Å². The third kappa shape index (κ3) is 3.58. The lowest BCUT2D eigenvalue weighted by atomic mass is 10.1. The molecule has 0 amide bonds. The van der Waals surface area contributed by atoms with Crippen LogP contribution in [-0.2, 0) is 0 Å². The Morgan fingerprint density at radius 1 is 1.32 bits per heavy atom. The third-order valence-corrected chi connectivity index (χ3v) is 2.79. The lowest BCUT2D eigenvalue weighted by molar-refractivity contribution is 0.411. The monoisotopic (exact) mass is 263 g/mol. The minimum Gasteiger partial charge on any atom is -0.496 e. The Bertz CT molecular complexity index is 600. The molecule has 1 aromatic heterocycles. The number of nitrogens with one attached hydrogen (secondary N) is 1. The normalized spacial score (nSPS) is 9.95. The summed E-state index contributed by atoms with van der Waals surface area (Å²) in [7, 11) is 3.53. The van der Waals surface area contributed by atoms with Gasteiger partial charge >= 0.3 is 0 Å². The lowest BCUT2D eigenvalue weighted by Gasteiger charge is -2.07. The highest BCUT2D eigenvalue weighted by molar-refractivity contribution is 5.81. The van der Waals surface area contributed by atoms with Gasteiger partial charge in [-0.1, -0.05) is 6.92 Å². The van der Waals surface area contributed by atoms with Crippen LogP contribution in [0.25, 0.3) is 11.0 Å². The van der Waals surface area contributed by atoms with Gasteiger partial charge in [0.2, 0.25) is 0 Å². The molecule has 0 bridgehead atoms. The summed E-state index contributed by atoms with van der Waals surface area (Å²) in [5, 5.41) is 3.53. The van der Waals surface area contributed by atoms with Gasteiger partial charge < -0.3 is 14.5 Å². The van der Waals surface area contributed by atoms with Crippen LogP contribution in [0.3, 0.4) is 0 Å². The van der Waals surface area contributed by atoms with Crippen LogP contribution in [0.2, 0.25) is 0 Å². The summed E-state index contributed by atoms with van der Waals surface area (Å²) in [6, 6.07) is 5.00. The average molecular weight is 263 g/mol. The summed E-state index contributed by atoms with van der Waals surface area (Å²) >= 11 is 0. The van der Waals surface area contributed by atoms with Crippen LogP contribution in [0.4, 0.5) is 0 Å². The summed E-state index contributed by atoms with van der Waals surface area (Å²) < 4.78 is 10.7. The number of hydrogen-bond acceptors (Lipinski definition) is 4. The summed E-state index contributed by atoms with van der Waals surface area (Å²) in [6.45, 7) is 6.78. The van der Waals surface area contributed by atoms with Crippen molar-refractivity contribution >= 4 is 11.0 Å². The van der Waals surface area contributed by atoms with Crippen LogP contribution >= 0.6 is 0 Å². The number of benzene rings is 1. The molecule has 0 saturated heterocycles. The summed E-state index contributed by atoms with van der Waals surface area (Å²) in [6.07, 6.45) is 0. The van der Waals surface area contributed by atoms with E-state index in [9.17, 15) is 4.79 Å². The molecule has 104 valence electrons. The zero-order chi connectivity index (χ0) is 14.4. The van der Waals surface area contributed by atoms with Crippen LogP contribution in [0, 0.1) is 13.8 Å². The first-order valence-electron chi connectivity index (χ1n) is 6.27. The third-order valence-electron chi connectivity index (χ3n) is 2.79. The van der Waals surface area contributed by atoms with Crippen molar-refractivity contribution < 1.29 is 9.15 Å². The zero-order valence-corrected chi connectivity index (χ0v) is 12.2. The molecule has 1 N–H and O–H groups in total. The summed E-state index contributed by atoms with van der Waals surface area (Å²) in [5.74, 6) is 1.35. The fourth-order valence-electron chi connectivity index (χ4n) is 1.67. The van der Waals surface area contributed by atoms with E-state index < -0.39 is 0 Å². The molecule has 1 aromatic carbocycles. The predicted molar refractivity (Wildman–Crippen MR) is 78.1 cm³/mol. The van der Waals surface area contributed by atoms with Crippen molar-refractivity contribution in [3.05, 3.63) is 39.7 Å². The quantitative estimate of drug-likeness (QED) is 0.905. The maximum absolute atomic E-state index is 11.7. The molecule has 0 unspecified atom stereocenters. The highest BCUT2D eigenvalue weighted by atomic mass is 16.5. The molecule has 0 spiro atoms. The molecular formula is C15H21NO3. The van der Waals surface area contributed by atoms with Crippen LogP contribution in [-0.4, -0.2) is 20.7 Å². The van der Waals surface area contributed by atoms with Gasteiger partial charge in [0.25, 0.3) is 0 Å². The van der Waals surface area contributed by atoms with Crippen LogP contribution < -0.4 is 15.5 Å². The average Bonchev–Trinajstić information content (AvgIpc) is 2.40. The fraction of sp³-hybridized carbons (Fsp3) is 0.400. The molecule has 1 heterocycles. The van der Waals surface area contributed by atoms with Crippen molar-refractivity contribution in [2.24, 2.45) is 0 Å². The van der Waals surface area contributed by atoms with Crippen molar-refractivity contribution in [1.29, 1.82) is 0 Å². The first-order chi connectivity index (χ1) is 9.04. The van der Waals surface area contributed by atoms with E-state index in [2.05, 4.69) is 12.2 Å². The molecule has 0 aliphatic rings. The molecule has 2 rings (SSSR count). The van der Waals surface area contributed by atoms with Crippen molar-refractivity contribution in [2.75, 3.05) is 20.7 Å². The van der Waals surface area contributed by atoms with Gasteiger partial charge in [-0.3, -0.25) is 4.79 Å². The first-order valence-corrected chi connectivity index (χ1v) is 6.27. The van der Waals surface area contributed by atoms with E-state index in [0.717, 1.165) is 17.9 Å². The largest absolute Gasteiger partial charge is 0.496 e. The fourth-order valence-corrected chi connectivity index (χ4v) is 1.67. The number of rotatable bonds is 2. The van der Waals surface area contributed by atoms with Gasteiger partial charge in [-0.25, -0.2) is 0 Å². The van der Waals surface area contributed by atoms with Crippen molar-refractivity contribution in [3.63, 3.8) is 0 Å². The van der Waals surface area contributed by atoms with E-state index in [0.29, 0.717) is 16.7 Å². The first kappa shape index (κ1) is 15.2. The highest BCUT2D eigenvalue weighted by Crippen LogP contribution is 2.25. The molecule has 0 atom stereocenters. The van der Waals surface area contributed by atoms with E-state index in [1.807, 2.05) is 14.0 Å². The molecule has 19 heavy (non-hydrogen) atoms. The number of aryl methyl sites for hydroxylation is 2. The molecule has 0 aliphatic carbocycles. The minimum absolute atomic E-state index is 0.0143. The molecule has 0 saturated carbocycles. The molecule has 0 fully saturated rings. The smallest absolute Gasteiger partial charge is 0.192 e. The van der Waals surface area contributed by atoms with Gasteiger partial charge in [0.05, 0.1) is 12.5 Å². The van der Waals surface area contributed by atoms with Crippen molar-refractivity contribution in [1.82, 2.24) is 5.32 Å². The van der Waals surface area contributed by atoms with Gasteiger partial charge in [0, 0.05) is 11.6 Å². The van der Waals surface area contributed by atoms with Gasteiger partial charge in [-0.05, 0) is 39.6 Å². The lowest BCUT2D eigenvalue weighted by Crippen LogP contribution is -2.01. The molecule has 0 radical (unpaired) electrons. The Hall–Kier alpha value is -1.81. The van der Waals surface area contributed by atoms with Crippen molar-refractivity contribution in [2.45, 2.75) is 20.8 Å². The Morgan fingerprint density at radius 2 is 1.95 bits per heavy atom. The van der Waals surface area contributed by atoms with Crippen LogP contribution in [0.1, 0.15) is 18.2 Å². The Balaban J connectivity index is 0.000000399. The van der Waals surface area contributed by atoms with E-state index in [4.69, 9.17) is 9.15 Å². The van der Waals surface area contributed by atoms with E-state index in [1.54, 1.807) is 26.2 Å². The molecule has 4 nitrogen and oxygen atoms in total. The van der Waals surface area contributed by atoms with Gasteiger partial charge in [-0.15, -0.1) is 0 Å². The molecule has 2 aromatic rings. The second kappa shape index (κ2) is 6.95. The predicted octanol–water partition coefficient (Wildman–Crippen LogP) is 2.64. The zero-order valence-electron chi connectivity index (χ0n) is 12.2. The topological polar surface area (TPSA) is 51.5 Å². The number of hydrogen-bond donors (Lipinski definition) is 1.